The highest BCUT2D eigenvalue weighted by Gasteiger charge is 2.30. The Bertz CT molecular complexity index is 813. The lowest BCUT2D eigenvalue weighted by atomic mass is 10.1. The SMILES string of the molecule is CC(C)NS(=O)(=O)Cc1ccc(CNS(=O)(=O)N2C[C@@H](C)O[C@@H](C)C2)cc1. The molecule has 2 rings (SSSR count). The van der Waals surface area contributed by atoms with Crippen molar-refractivity contribution in [1.29, 1.82) is 0 Å². The van der Waals surface area contributed by atoms with Gasteiger partial charge in [-0.1, -0.05) is 24.3 Å². The predicted molar refractivity (Wildman–Crippen MR) is 105 cm³/mol. The Morgan fingerprint density at radius 1 is 1.04 bits per heavy atom. The summed E-state index contributed by atoms with van der Waals surface area (Å²) < 4.78 is 61.0. The molecule has 0 amide bonds. The number of ether oxygens (including phenoxy) is 1. The summed E-state index contributed by atoms with van der Waals surface area (Å²) in [4.78, 5) is 0. The summed E-state index contributed by atoms with van der Waals surface area (Å²) in [6.45, 7) is 8.00. The maximum Gasteiger partial charge on any atom is 0.279 e. The van der Waals surface area contributed by atoms with E-state index in [1.165, 1.54) is 4.31 Å². The van der Waals surface area contributed by atoms with Gasteiger partial charge in [-0.15, -0.1) is 0 Å². The van der Waals surface area contributed by atoms with Crippen molar-refractivity contribution in [2.75, 3.05) is 13.1 Å². The zero-order valence-corrected chi connectivity index (χ0v) is 17.8. The number of nitrogens with one attached hydrogen (secondary N) is 2. The molecule has 0 aliphatic carbocycles. The van der Waals surface area contributed by atoms with E-state index in [0.717, 1.165) is 5.56 Å². The molecule has 1 saturated heterocycles. The van der Waals surface area contributed by atoms with E-state index in [4.69, 9.17) is 4.74 Å². The Balaban J connectivity index is 1.94. The number of hydrogen-bond donors (Lipinski definition) is 2. The van der Waals surface area contributed by atoms with Gasteiger partial charge in [-0.2, -0.15) is 17.4 Å². The zero-order valence-electron chi connectivity index (χ0n) is 16.2. The highest BCUT2D eigenvalue weighted by Crippen LogP contribution is 2.14. The van der Waals surface area contributed by atoms with Gasteiger partial charge in [0.05, 0.1) is 18.0 Å². The molecule has 8 nitrogen and oxygen atoms in total. The molecule has 1 fully saturated rings. The van der Waals surface area contributed by atoms with Gasteiger partial charge in [0.25, 0.3) is 10.2 Å². The minimum absolute atomic E-state index is 0.110. The fraction of sp³-hybridized carbons (Fsp3) is 0.647. The fourth-order valence-corrected chi connectivity index (χ4v) is 5.74. The van der Waals surface area contributed by atoms with Gasteiger partial charge in [0, 0.05) is 25.7 Å². The topological polar surface area (TPSA) is 105 Å². The number of hydrogen-bond acceptors (Lipinski definition) is 5. The summed E-state index contributed by atoms with van der Waals surface area (Å²) in [6, 6.07) is 6.69. The first kappa shape index (κ1) is 22.3. The highest BCUT2D eigenvalue weighted by atomic mass is 32.2. The second-order valence-corrected chi connectivity index (χ2v) is 10.8. The Morgan fingerprint density at radius 2 is 1.56 bits per heavy atom. The van der Waals surface area contributed by atoms with Crippen molar-refractivity contribution < 1.29 is 21.6 Å². The molecule has 0 spiro atoms. The molecule has 154 valence electrons. The van der Waals surface area contributed by atoms with Crippen molar-refractivity contribution in [3.05, 3.63) is 35.4 Å². The van der Waals surface area contributed by atoms with E-state index < -0.39 is 20.2 Å². The molecule has 0 bridgehead atoms. The Morgan fingerprint density at radius 3 is 2.07 bits per heavy atom. The molecule has 0 unspecified atom stereocenters. The summed E-state index contributed by atoms with van der Waals surface area (Å²) in [5.41, 5.74) is 1.40. The van der Waals surface area contributed by atoms with Crippen molar-refractivity contribution in [3.63, 3.8) is 0 Å². The zero-order chi connectivity index (χ0) is 20.2. The van der Waals surface area contributed by atoms with E-state index in [9.17, 15) is 16.8 Å². The van der Waals surface area contributed by atoms with E-state index in [0.29, 0.717) is 18.7 Å². The molecule has 1 aliphatic heterocycles. The molecule has 0 radical (unpaired) electrons. The van der Waals surface area contributed by atoms with E-state index in [1.54, 1.807) is 38.1 Å². The van der Waals surface area contributed by atoms with Crippen LogP contribution >= 0.6 is 0 Å². The molecule has 1 aromatic rings. The van der Waals surface area contributed by atoms with Crippen molar-refractivity contribution >= 4 is 20.2 Å². The minimum Gasteiger partial charge on any atom is -0.373 e. The molecule has 0 saturated carbocycles. The molecule has 10 heteroatoms. The van der Waals surface area contributed by atoms with Gasteiger partial charge in [-0.05, 0) is 38.8 Å². The summed E-state index contributed by atoms with van der Waals surface area (Å²) in [7, 11) is -6.99. The Hall–Kier alpha value is -1.04. The molecular formula is C17H29N3O5S2. The maximum atomic E-state index is 12.5. The molecule has 1 aliphatic rings. The largest absolute Gasteiger partial charge is 0.373 e. The first-order valence-electron chi connectivity index (χ1n) is 8.95. The van der Waals surface area contributed by atoms with Crippen LogP contribution in [0.5, 0.6) is 0 Å². The van der Waals surface area contributed by atoms with Crippen LogP contribution in [0.1, 0.15) is 38.8 Å². The molecule has 1 heterocycles. The molecule has 2 N–H and O–H groups in total. The van der Waals surface area contributed by atoms with Gasteiger partial charge in [-0.25, -0.2) is 13.1 Å². The number of nitrogens with zero attached hydrogens (tertiary/aromatic N) is 1. The van der Waals surface area contributed by atoms with Crippen molar-refractivity contribution in [1.82, 2.24) is 13.7 Å². The third kappa shape index (κ3) is 7.13. The van der Waals surface area contributed by atoms with Gasteiger partial charge < -0.3 is 4.74 Å². The molecule has 27 heavy (non-hydrogen) atoms. The normalized spacial score (nSPS) is 22.3. The smallest absolute Gasteiger partial charge is 0.279 e. The third-order valence-electron chi connectivity index (χ3n) is 3.98. The second-order valence-electron chi connectivity index (χ2n) is 7.25. The van der Waals surface area contributed by atoms with Crippen LogP contribution in [0.3, 0.4) is 0 Å². The number of benzene rings is 1. The quantitative estimate of drug-likeness (QED) is 0.653. The van der Waals surface area contributed by atoms with Crippen molar-refractivity contribution in [2.45, 2.75) is 58.2 Å². The Kier molecular flexibility index (Phi) is 7.40. The second kappa shape index (κ2) is 8.97. The van der Waals surface area contributed by atoms with E-state index in [2.05, 4.69) is 9.44 Å². The summed E-state index contributed by atoms with van der Waals surface area (Å²) in [5, 5.41) is 0. The van der Waals surface area contributed by atoms with Gasteiger partial charge in [0.2, 0.25) is 10.0 Å². The molecule has 2 atom stereocenters. The van der Waals surface area contributed by atoms with Crippen LogP contribution in [0.2, 0.25) is 0 Å². The number of sulfonamides is 1. The van der Waals surface area contributed by atoms with Gasteiger partial charge in [0.1, 0.15) is 0 Å². The van der Waals surface area contributed by atoms with E-state index in [-0.39, 0.29) is 30.5 Å². The van der Waals surface area contributed by atoms with Crippen LogP contribution in [0.4, 0.5) is 0 Å². The summed E-state index contributed by atoms with van der Waals surface area (Å²) in [6.07, 6.45) is -0.294. The van der Waals surface area contributed by atoms with Crippen LogP contribution in [0.15, 0.2) is 24.3 Å². The maximum absolute atomic E-state index is 12.5. The average Bonchev–Trinajstić information content (AvgIpc) is 2.51. The number of rotatable bonds is 8. The first-order valence-corrected chi connectivity index (χ1v) is 12.0. The van der Waals surface area contributed by atoms with Crippen LogP contribution in [-0.2, 0) is 37.3 Å². The lowest BCUT2D eigenvalue weighted by Crippen LogP contribution is -2.51. The lowest BCUT2D eigenvalue weighted by Gasteiger charge is -2.34. The van der Waals surface area contributed by atoms with E-state index >= 15 is 0 Å². The van der Waals surface area contributed by atoms with Gasteiger partial charge in [-0.3, -0.25) is 0 Å². The third-order valence-corrected chi connectivity index (χ3v) is 7.01. The summed E-state index contributed by atoms with van der Waals surface area (Å²) >= 11 is 0. The monoisotopic (exact) mass is 419 g/mol. The predicted octanol–water partition coefficient (Wildman–Crippen LogP) is 0.958. The molecule has 0 aromatic heterocycles. The van der Waals surface area contributed by atoms with Gasteiger partial charge in [0.15, 0.2) is 0 Å². The fourth-order valence-electron chi connectivity index (χ4n) is 2.97. The van der Waals surface area contributed by atoms with Crippen LogP contribution in [0.25, 0.3) is 0 Å². The van der Waals surface area contributed by atoms with Crippen LogP contribution in [-0.4, -0.2) is 52.5 Å². The Labute approximate surface area is 162 Å². The van der Waals surface area contributed by atoms with Crippen LogP contribution in [0, 0.1) is 0 Å². The van der Waals surface area contributed by atoms with Crippen molar-refractivity contribution in [3.8, 4) is 0 Å². The molecule has 1 aromatic carbocycles. The van der Waals surface area contributed by atoms with Gasteiger partial charge >= 0.3 is 0 Å². The first-order chi connectivity index (χ1) is 12.5. The van der Waals surface area contributed by atoms with Crippen LogP contribution < -0.4 is 9.44 Å². The number of morpholine rings is 1. The highest BCUT2D eigenvalue weighted by molar-refractivity contribution is 7.88. The lowest BCUT2D eigenvalue weighted by molar-refractivity contribution is -0.0444. The van der Waals surface area contributed by atoms with Crippen molar-refractivity contribution in [2.24, 2.45) is 0 Å². The average molecular weight is 420 g/mol. The standard InChI is InChI=1S/C17H29N3O5S2/c1-13(2)19-26(21,22)12-17-7-5-16(6-8-17)9-18-27(23,24)20-10-14(3)25-15(4)11-20/h5-8,13-15,18-19H,9-12H2,1-4H3/t14-,15+. The van der Waals surface area contributed by atoms with E-state index in [1.807, 2.05) is 13.8 Å². The minimum atomic E-state index is -3.60. The molecular weight excluding hydrogens is 390 g/mol. The summed E-state index contributed by atoms with van der Waals surface area (Å²) in [5.74, 6) is -0.110.